The summed E-state index contributed by atoms with van der Waals surface area (Å²) >= 11 is 0. The molecule has 0 saturated carbocycles. The second-order valence-electron chi connectivity index (χ2n) is 5.44. The zero-order valence-electron chi connectivity index (χ0n) is 13.4. The molecule has 0 aliphatic carbocycles. The van der Waals surface area contributed by atoms with Crippen molar-refractivity contribution in [3.05, 3.63) is 62.7 Å². The van der Waals surface area contributed by atoms with Gasteiger partial charge in [0.2, 0.25) is 0 Å². The number of pyridine rings is 2. The Balaban J connectivity index is 2.02. The maximum absolute atomic E-state index is 12.2. The van der Waals surface area contributed by atoms with Crippen LogP contribution in [0.15, 0.2) is 40.2 Å². The van der Waals surface area contributed by atoms with E-state index in [1.807, 2.05) is 6.92 Å². The summed E-state index contributed by atoms with van der Waals surface area (Å²) in [7, 11) is 2.93. The molecule has 8 nitrogen and oxygen atoms in total. The highest BCUT2D eigenvalue weighted by molar-refractivity contribution is 6.04. The lowest BCUT2D eigenvalue weighted by molar-refractivity contribution is 0.102. The van der Waals surface area contributed by atoms with Gasteiger partial charge in [-0.05, 0) is 25.1 Å². The van der Waals surface area contributed by atoms with Crippen LogP contribution in [0, 0.1) is 6.92 Å². The van der Waals surface area contributed by atoms with Gasteiger partial charge >= 0.3 is 5.69 Å². The number of amides is 1. The van der Waals surface area contributed by atoms with Crippen LogP contribution in [0.25, 0.3) is 11.0 Å². The molecule has 0 bridgehead atoms. The number of nitrogens with one attached hydrogen (secondary N) is 1. The fraction of sp³-hybridized carbons (Fsp3) is 0.188. The van der Waals surface area contributed by atoms with Crippen LogP contribution in [0.5, 0.6) is 0 Å². The second kappa shape index (κ2) is 5.73. The fourth-order valence-corrected chi connectivity index (χ4v) is 2.34. The normalized spacial score (nSPS) is 10.8. The van der Waals surface area contributed by atoms with Crippen molar-refractivity contribution < 1.29 is 4.79 Å². The third-order valence-electron chi connectivity index (χ3n) is 3.72. The van der Waals surface area contributed by atoms with E-state index in [1.165, 1.54) is 37.1 Å². The van der Waals surface area contributed by atoms with Gasteiger partial charge in [0.25, 0.3) is 11.5 Å². The predicted octanol–water partition coefficient (Wildman–Crippen LogP) is 0.588. The lowest BCUT2D eigenvalue weighted by Crippen LogP contribution is -2.37. The van der Waals surface area contributed by atoms with Crippen molar-refractivity contribution in [3.8, 4) is 0 Å². The summed E-state index contributed by atoms with van der Waals surface area (Å²) in [5.41, 5.74) is 0.913. The molecule has 3 aromatic rings. The van der Waals surface area contributed by atoms with Gasteiger partial charge in [0.05, 0.1) is 22.8 Å². The third kappa shape index (κ3) is 2.58. The number of anilines is 1. The van der Waals surface area contributed by atoms with Gasteiger partial charge < -0.3 is 5.32 Å². The molecule has 0 saturated heterocycles. The van der Waals surface area contributed by atoms with Gasteiger partial charge in [-0.25, -0.2) is 9.78 Å². The maximum Gasteiger partial charge on any atom is 0.332 e. The van der Waals surface area contributed by atoms with Crippen LogP contribution in [0.1, 0.15) is 16.1 Å². The van der Waals surface area contributed by atoms with Gasteiger partial charge in [-0.3, -0.25) is 23.7 Å². The van der Waals surface area contributed by atoms with Crippen LogP contribution in [0.3, 0.4) is 0 Å². The van der Waals surface area contributed by atoms with Gasteiger partial charge in [-0.2, -0.15) is 0 Å². The van der Waals surface area contributed by atoms with E-state index in [0.717, 1.165) is 10.3 Å². The van der Waals surface area contributed by atoms with E-state index in [0.29, 0.717) is 11.3 Å². The van der Waals surface area contributed by atoms with Crippen molar-refractivity contribution in [3.63, 3.8) is 0 Å². The van der Waals surface area contributed by atoms with E-state index in [4.69, 9.17) is 0 Å². The number of nitrogens with zero attached hydrogens (tertiary/aromatic N) is 4. The van der Waals surface area contributed by atoms with Crippen molar-refractivity contribution >= 4 is 22.6 Å². The summed E-state index contributed by atoms with van der Waals surface area (Å²) in [6.45, 7) is 1.83. The highest BCUT2D eigenvalue weighted by Gasteiger charge is 2.12. The topological polar surface area (TPSA) is 98.9 Å². The van der Waals surface area contributed by atoms with Crippen molar-refractivity contribution in [2.75, 3.05) is 5.32 Å². The number of carbonyl (C=O) groups excluding carboxylic acids is 1. The van der Waals surface area contributed by atoms with E-state index < -0.39 is 11.2 Å². The molecule has 0 spiro atoms. The minimum Gasteiger partial charge on any atom is -0.321 e. The van der Waals surface area contributed by atoms with Crippen molar-refractivity contribution in [1.29, 1.82) is 0 Å². The van der Waals surface area contributed by atoms with Gasteiger partial charge in [-0.1, -0.05) is 0 Å². The first-order valence-electron chi connectivity index (χ1n) is 7.18. The Morgan fingerprint density at radius 3 is 2.50 bits per heavy atom. The molecule has 24 heavy (non-hydrogen) atoms. The molecule has 0 aliphatic rings. The number of carbonyl (C=O) groups is 1. The monoisotopic (exact) mass is 325 g/mol. The van der Waals surface area contributed by atoms with E-state index in [-0.39, 0.29) is 16.9 Å². The van der Waals surface area contributed by atoms with Crippen LogP contribution in [-0.2, 0) is 14.1 Å². The summed E-state index contributed by atoms with van der Waals surface area (Å²) in [6.07, 6.45) is 2.88. The summed E-state index contributed by atoms with van der Waals surface area (Å²) < 4.78 is 2.28. The average Bonchev–Trinajstić information content (AvgIpc) is 2.58. The zero-order valence-corrected chi connectivity index (χ0v) is 13.4. The minimum atomic E-state index is -0.464. The third-order valence-corrected chi connectivity index (χ3v) is 3.72. The number of aryl methyl sites for hydroxylation is 2. The highest BCUT2D eigenvalue weighted by Crippen LogP contribution is 2.13. The average molecular weight is 325 g/mol. The Hall–Kier alpha value is -3.29. The quantitative estimate of drug-likeness (QED) is 0.743. The summed E-state index contributed by atoms with van der Waals surface area (Å²) in [5, 5.41) is 2.92. The van der Waals surface area contributed by atoms with E-state index in [2.05, 4.69) is 15.3 Å². The minimum absolute atomic E-state index is 0.249. The molecule has 1 N–H and O–H groups in total. The molecule has 0 radical (unpaired) electrons. The summed E-state index contributed by atoms with van der Waals surface area (Å²) in [6, 6.07) is 4.90. The molecule has 0 aromatic carbocycles. The van der Waals surface area contributed by atoms with Crippen molar-refractivity contribution in [2.45, 2.75) is 6.92 Å². The summed E-state index contributed by atoms with van der Waals surface area (Å²) in [5.74, 6) is -0.356. The first-order chi connectivity index (χ1) is 11.4. The molecule has 0 aliphatic heterocycles. The van der Waals surface area contributed by atoms with E-state index in [9.17, 15) is 14.4 Å². The Morgan fingerprint density at radius 1 is 1.08 bits per heavy atom. The molecule has 0 atom stereocenters. The van der Waals surface area contributed by atoms with Crippen molar-refractivity contribution in [1.82, 2.24) is 19.1 Å². The summed E-state index contributed by atoms with van der Waals surface area (Å²) in [4.78, 5) is 44.5. The first-order valence-corrected chi connectivity index (χ1v) is 7.18. The lowest BCUT2D eigenvalue weighted by Gasteiger charge is -2.09. The molecule has 0 fully saturated rings. The fourth-order valence-electron chi connectivity index (χ4n) is 2.34. The van der Waals surface area contributed by atoms with Gasteiger partial charge in [-0.15, -0.1) is 0 Å². The van der Waals surface area contributed by atoms with Crippen LogP contribution >= 0.6 is 0 Å². The Morgan fingerprint density at radius 2 is 1.83 bits per heavy atom. The highest BCUT2D eigenvalue weighted by atomic mass is 16.2. The molecule has 3 aromatic heterocycles. The molecule has 8 heteroatoms. The van der Waals surface area contributed by atoms with Crippen molar-refractivity contribution in [2.24, 2.45) is 14.1 Å². The lowest BCUT2D eigenvalue weighted by atomic mass is 10.2. The number of rotatable bonds is 2. The van der Waals surface area contributed by atoms with Crippen LogP contribution in [0.2, 0.25) is 0 Å². The Kier molecular flexibility index (Phi) is 3.72. The predicted molar refractivity (Wildman–Crippen MR) is 89.2 cm³/mol. The van der Waals surface area contributed by atoms with Gasteiger partial charge in [0.1, 0.15) is 5.65 Å². The molecular formula is C16H15N5O3. The number of fused-ring (bicyclic) bond motifs is 1. The van der Waals surface area contributed by atoms with Gasteiger partial charge in [0, 0.05) is 26.0 Å². The molecule has 3 heterocycles. The largest absolute Gasteiger partial charge is 0.332 e. The SMILES string of the molecule is Cc1ccc(C(=O)Nc2cnc3c(c2)c(=O)n(C)c(=O)n3C)cn1. The smallest absolute Gasteiger partial charge is 0.321 e. The first kappa shape index (κ1) is 15.6. The molecule has 122 valence electrons. The zero-order chi connectivity index (χ0) is 17.4. The number of aromatic nitrogens is 4. The molecule has 3 rings (SSSR count). The van der Waals surface area contributed by atoms with E-state index in [1.54, 1.807) is 12.1 Å². The number of hydrogen-bond acceptors (Lipinski definition) is 5. The standard InChI is InChI=1S/C16H15N5O3/c1-9-4-5-10(7-17-9)14(22)19-11-6-12-13(18-8-11)20(2)16(24)21(3)15(12)23/h4-8H,1-3H3,(H,19,22). The van der Waals surface area contributed by atoms with Gasteiger partial charge in [0.15, 0.2) is 0 Å². The molecular weight excluding hydrogens is 310 g/mol. The second-order valence-corrected chi connectivity index (χ2v) is 5.44. The van der Waals surface area contributed by atoms with Crippen LogP contribution in [-0.4, -0.2) is 25.0 Å². The van der Waals surface area contributed by atoms with Crippen LogP contribution in [0.4, 0.5) is 5.69 Å². The molecule has 1 amide bonds. The Labute approximate surface area is 136 Å². The molecule has 0 unspecified atom stereocenters. The number of hydrogen-bond donors (Lipinski definition) is 1. The van der Waals surface area contributed by atoms with Crippen LogP contribution < -0.4 is 16.6 Å². The maximum atomic E-state index is 12.2. The Bertz CT molecular complexity index is 1060. The van der Waals surface area contributed by atoms with E-state index >= 15 is 0 Å².